The van der Waals surface area contributed by atoms with Crippen LogP contribution in [0.5, 0.6) is 0 Å². The van der Waals surface area contributed by atoms with Gasteiger partial charge in [-0.3, -0.25) is 0 Å². The van der Waals surface area contributed by atoms with Gasteiger partial charge >= 0.3 is 0 Å². The zero-order chi connectivity index (χ0) is 5.11. The fourth-order valence-electron chi connectivity index (χ4n) is 0.655. The predicted octanol–water partition coefficient (Wildman–Crippen LogP) is -0.454. The Kier molecular flexibility index (Phi) is 8.32. The van der Waals surface area contributed by atoms with Crippen molar-refractivity contribution in [3.8, 4) is 0 Å². The van der Waals surface area contributed by atoms with Crippen molar-refractivity contribution in [2.45, 2.75) is 0 Å². The van der Waals surface area contributed by atoms with Gasteiger partial charge in [0.2, 0.25) is 0 Å². The van der Waals surface area contributed by atoms with Crippen molar-refractivity contribution in [1.82, 2.24) is 4.90 Å². The van der Waals surface area contributed by atoms with Crippen LogP contribution in [-0.2, 0) is 4.74 Å². The summed E-state index contributed by atoms with van der Waals surface area (Å²) in [5, 5.41) is 0. The van der Waals surface area contributed by atoms with Gasteiger partial charge in [-0.25, -0.2) is 0 Å². The first-order valence-electron chi connectivity index (χ1n) is 2.66. The Morgan fingerprint density at radius 1 is 1.22 bits per heavy atom. The summed E-state index contributed by atoms with van der Waals surface area (Å²) in [7, 11) is 2.11. The summed E-state index contributed by atoms with van der Waals surface area (Å²) in [6.45, 7) is 4.02. The molecule has 0 amide bonds. The van der Waals surface area contributed by atoms with E-state index >= 15 is 0 Å². The van der Waals surface area contributed by atoms with Crippen molar-refractivity contribution in [1.29, 1.82) is 0 Å². The second-order valence-corrected chi connectivity index (χ2v) is 1.92. The smallest absolute Gasteiger partial charge is 0.0594 e. The predicted molar refractivity (Wildman–Crippen MR) is 39.2 cm³/mol. The number of hydrogen-bond acceptors (Lipinski definition) is 2. The van der Waals surface area contributed by atoms with Crippen molar-refractivity contribution in [3.05, 3.63) is 0 Å². The van der Waals surface area contributed by atoms with Crippen molar-refractivity contribution in [2.24, 2.45) is 0 Å². The first-order chi connectivity index (χ1) is 3.39. The fourth-order valence-corrected chi connectivity index (χ4v) is 0.655. The van der Waals surface area contributed by atoms with E-state index in [1.807, 2.05) is 0 Å². The van der Waals surface area contributed by atoms with Crippen molar-refractivity contribution < 1.29 is 10.2 Å². The van der Waals surface area contributed by atoms with E-state index in [2.05, 4.69) is 11.9 Å². The second-order valence-electron chi connectivity index (χ2n) is 1.92. The maximum absolute atomic E-state index is 5.10. The highest BCUT2D eigenvalue weighted by Crippen LogP contribution is 1.89. The average molecular weight is 156 g/mol. The molecule has 1 fully saturated rings. The van der Waals surface area contributed by atoms with Gasteiger partial charge in [-0.1, -0.05) is 0 Å². The van der Waals surface area contributed by atoms with Crippen LogP contribution in [-0.4, -0.2) is 43.7 Å². The third-order valence-electron chi connectivity index (χ3n) is 1.23. The van der Waals surface area contributed by atoms with Crippen LogP contribution in [0.1, 0.15) is 0 Å². The monoisotopic (exact) mass is 155 g/mol. The molecule has 0 aromatic rings. The maximum Gasteiger partial charge on any atom is 0.0594 e. The molecule has 0 aromatic heterocycles. The minimum atomic E-state index is 0. The summed E-state index contributed by atoms with van der Waals surface area (Å²) in [4.78, 5) is 2.27. The lowest BCUT2D eigenvalue weighted by Crippen LogP contribution is -2.32. The molecule has 0 unspecified atom stereocenters. The van der Waals surface area contributed by atoms with Gasteiger partial charge in [0.1, 0.15) is 0 Å². The minimum Gasteiger partial charge on any atom is -0.412 e. The highest BCUT2D eigenvalue weighted by Gasteiger charge is 2.02. The molecule has 0 saturated carbocycles. The molecule has 58 valence electrons. The van der Waals surface area contributed by atoms with Crippen LogP contribution in [0, 0.1) is 0 Å². The lowest BCUT2D eigenvalue weighted by Gasteiger charge is -2.21. The van der Waals surface area contributed by atoms with Crippen LogP contribution >= 0.6 is 12.4 Å². The molecule has 1 aliphatic rings. The van der Waals surface area contributed by atoms with E-state index in [0.717, 1.165) is 26.3 Å². The lowest BCUT2D eigenvalue weighted by atomic mass is 10.5. The number of rotatable bonds is 0. The van der Waals surface area contributed by atoms with E-state index < -0.39 is 0 Å². The SMILES string of the molecule is CN1CCOCC1.Cl.O. The van der Waals surface area contributed by atoms with E-state index in [1.54, 1.807) is 0 Å². The highest BCUT2D eigenvalue weighted by atomic mass is 35.5. The van der Waals surface area contributed by atoms with Gasteiger partial charge in [0.05, 0.1) is 13.2 Å². The Labute approximate surface area is 61.7 Å². The summed E-state index contributed by atoms with van der Waals surface area (Å²) < 4.78 is 5.10. The van der Waals surface area contributed by atoms with E-state index in [9.17, 15) is 0 Å². The molecular weight excluding hydrogens is 142 g/mol. The summed E-state index contributed by atoms with van der Waals surface area (Å²) in [5.74, 6) is 0. The Balaban J connectivity index is 0. The topological polar surface area (TPSA) is 44.0 Å². The quantitative estimate of drug-likeness (QED) is 0.476. The molecule has 1 aliphatic heterocycles. The Morgan fingerprint density at radius 3 is 1.89 bits per heavy atom. The molecule has 0 spiro atoms. The molecule has 4 heteroatoms. The standard InChI is InChI=1S/C5H11NO.ClH.H2O/c1-6-2-4-7-5-3-6;;/h2-5H2,1H3;1H;1H2. The Morgan fingerprint density at radius 2 is 1.67 bits per heavy atom. The van der Waals surface area contributed by atoms with Gasteiger partial charge in [0.25, 0.3) is 0 Å². The maximum atomic E-state index is 5.10. The molecule has 3 nitrogen and oxygen atoms in total. The van der Waals surface area contributed by atoms with Gasteiger partial charge < -0.3 is 15.1 Å². The summed E-state index contributed by atoms with van der Waals surface area (Å²) in [5.41, 5.74) is 0. The minimum absolute atomic E-state index is 0. The van der Waals surface area contributed by atoms with Crippen LogP contribution in [0.2, 0.25) is 0 Å². The zero-order valence-electron chi connectivity index (χ0n) is 5.59. The fraction of sp³-hybridized carbons (Fsp3) is 1.00. The van der Waals surface area contributed by atoms with Gasteiger partial charge in [-0.2, -0.15) is 0 Å². The third kappa shape index (κ3) is 4.66. The molecule has 0 aliphatic carbocycles. The second kappa shape index (κ2) is 6.29. The van der Waals surface area contributed by atoms with Crippen LogP contribution in [0.3, 0.4) is 0 Å². The first-order valence-corrected chi connectivity index (χ1v) is 2.66. The van der Waals surface area contributed by atoms with Gasteiger partial charge in [0.15, 0.2) is 0 Å². The summed E-state index contributed by atoms with van der Waals surface area (Å²) in [6.07, 6.45) is 0. The molecule has 0 bridgehead atoms. The van der Waals surface area contributed by atoms with Crippen LogP contribution in [0.25, 0.3) is 0 Å². The van der Waals surface area contributed by atoms with E-state index in [0.29, 0.717) is 0 Å². The van der Waals surface area contributed by atoms with Crippen molar-refractivity contribution in [3.63, 3.8) is 0 Å². The third-order valence-corrected chi connectivity index (χ3v) is 1.23. The van der Waals surface area contributed by atoms with Crippen LogP contribution < -0.4 is 0 Å². The molecule has 0 atom stereocenters. The Hall–Kier alpha value is 0.170. The van der Waals surface area contributed by atoms with Gasteiger partial charge in [0, 0.05) is 13.1 Å². The molecular formula is C5H14ClNO2. The first kappa shape index (κ1) is 11.9. The molecule has 9 heavy (non-hydrogen) atoms. The molecule has 1 rings (SSSR count). The zero-order valence-corrected chi connectivity index (χ0v) is 6.41. The number of nitrogens with zero attached hydrogens (tertiary/aromatic N) is 1. The van der Waals surface area contributed by atoms with Gasteiger partial charge in [-0.15, -0.1) is 12.4 Å². The summed E-state index contributed by atoms with van der Waals surface area (Å²) in [6, 6.07) is 0. The van der Waals surface area contributed by atoms with E-state index in [-0.39, 0.29) is 17.9 Å². The van der Waals surface area contributed by atoms with Crippen molar-refractivity contribution in [2.75, 3.05) is 33.4 Å². The number of morpholine rings is 1. The molecule has 1 heterocycles. The molecule has 0 radical (unpaired) electrons. The van der Waals surface area contributed by atoms with Gasteiger partial charge in [-0.05, 0) is 7.05 Å². The molecule has 1 saturated heterocycles. The molecule has 0 aromatic carbocycles. The number of likely N-dealkylation sites (N-methyl/N-ethyl adjacent to an activating group) is 1. The number of hydrogen-bond donors (Lipinski definition) is 0. The highest BCUT2D eigenvalue weighted by molar-refractivity contribution is 5.85. The van der Waals surface area contributed by atoms with E-state index in [1.165, 1.54) is 0 Å². The molecule has 2 N–H and O–H groups in total. The van der Waals surface area contributed by atoms with Crippen LogP contribution in [0.15, 0.2) is 0 Å². The average Bonchev–Trinajstić information content (AvgIpc) is 1.69. The van der Waals surface area contributed by atoms with Crippen LogP contribution in [0.4, 0.5) is 0 Å². The number of ether oxygens (including phenoxy) is 1. The van der Waals surface area contributed by atoms with Crippen molar-refractivity contribution >= 4 is 12.4 Å². The summed E-state index contributed by atoms with van der Waals surface area (Å²) >= 11 is 0. The number of halogens is 1. The van der Waals surface area contributed by atoms with E-state index in [4.69, 9.17) is 4.74 Å². The lowest BCUT2D eigenvalue weighted by molar-refractivity contribution is 0.0503. The Bertz CT molecular complexity index is 56.9. The normalized spacial score (nSPS) is 19.7. The largest absolute Gasteiger partial charge is 0.412 e.